The number of para-hydroxylation sites is 2. The summed E-state index contributed by atoms with van der Waals surface area (Å²) in [6, 6.07) is 18.9. The lowest BCUT2D eigenvalue weighted by atomic mass is 10.1. The lowest BCUT2D eigenvalue weighted by molar-refractivity contribution is -0.134. The molecule has 3 heterocycles. The SMILES string of the molecule is CC(=O)O.Cn1cc(-n2c(-c3cn([C@H]4CC[C@H](N)C4)c4ccccc34)c(C#N)[nH]c2=O)c2ccccc21. The lowest BCUT2D eigenvalue weighted by Crippen LogP contribution is -2.16. The van der Waals surface area contributed by atoms with Crippen molar-refractivity contribution in [3.63, 3.8) is 0 Å². The minimum Gasteiger partial charge on any atom is -0.481 e. The molecule has 0 aliphatic heterocycles. The highest BCUT2D eigenvalue weighted by Crippen LogP contribution is 2.39. The molecule has 1 fully saturated rings. The average molecular weight is 497 g/mol. The Morgan fingerprint density at radius 2 is 1.73 bits per heavy atom. The number of rotatable bonds is 3. The Labute approximate surface area is 213 Å². The van der Waals surface area contributed by atoms with Crippen molar-refractivity contribution in [2.45, 2.75) is 38.3 Å². The van der Waals surface area contributed by atoms with Crippen LogP contribution in [0.25, 0.3) is 38.8 Å². The van der Waals surface area contributed by atoms with E-state index in [1.807, 2.05) is 54.2 Å². The molecule has 9 heteroatoms. The van der Waals surface area contributed by atoms with Crippen molar-refractivity contribution < 1.29 is 9.90 Å². The molecule has 3 aromatic heterocycles. The predicted molar refractivity (Wildman–Crippen MR) is 143 cm³/mol. The third kappa shape index (κ3) is 4.21. The molecule has 0 bridgehead atoms. The van der Waals surface area contributed by atoms with Gasteiger partial charge >= 0.3 is 5.69 Å². The molecule has 6 rings (SSSR count). The number of hydrogen-bond donors (Lipinski definition) is 3. The van der Waals surface area contributed by atoms with Crippen LogP contribution in [0.2, 0.25) is 0 Å². The number of nitriles is 1. The van der Waals surface area contributed by atoms with Crippen LogP contribution in [0.1, 0.15) is 37.9 Å². The van der Waals surface area contributed by atoms with Gasteiger partial charge < -0.3 is 20.0 Å². The topological polar surface area (TPSA) is 135 Å². The first-order valence-electron chi connectivity index (χ1n) is 12.1. The smallest absolute Gasteiger partial charge is 0.331 e. The number of carbonyl (C=O) groups is 1. The van der Waals surface area contributed by atoms with Crippen molar-refractivity contribution in [3.05, 3.63) is 77.1 Å². The Balaban J connectivity index is 0.000000655. The Morgan fingerprint density at radius 3 is 2.38 bits per heavy atom. The minimum atomic E-state index is -0.833. The zero-order chi connectivity index (χ0) is 26.3. The fourth-order valence-electron chi connectivity index (χ4n) is 5.44. The number of carboxylic acid groups (broad SMARTS) is 1. The standard InChI is InChI=1S/C26H24N6O.C2H4O2/c1-30-15-24(19-7-3-4-8-22(19)30)32-25(21(13-27)29-26(32)33)20-14-31(17-11-10-16(28)12-17)23-9-5-2-6-18(20)23;1-2(3)4/h2-9,14-17H,10-12,28H2,1H3,(H,29,33);1H3,(H,3,4)/t16-,17-;/m0./s1. The molecule has 2 aromatic carbocycles. The normalized spacial score (nSPS) is 17.0. The average Bonchev–Trinajstić information content (AvgIpc) is 3.62. The van der Waals surface area contributed by atoms with Crippen LogP contribution in [0.4, 0.5) is 0 Å². The van der Waals surface area contributed by atoms with E-state index in [9.17, 15) is 10.1 Å². The van der Waals surface area contributed by atoms with E-state index in [0.717, 1.165) is 59.2 Å². The second-order valence-electron chi connectivity index (χ2n) is 9.46. The van der Waals surface area contributed by atoms with Crippen molar-refractivity contribution in [1.29, 1.82) is 5.26 Å². The molecular weight excluding hydrogens is 468 g/mol. The molecule has 0 amide bonds. The van der Waals surface area contributed by atoms with E-state index in [1.165, 1.54) is 0 Å². The highest BCUT2D eigenvalue weighted by Gasteiger charge is 2.28. The van der Waals surface area contributed by atoms with Gasteiger partial charge in [0.1, 0.15) is 11.8 Å². The second kappa shape index (κ2) is 9.48. The Bertz CT molecular complexity index is 1720. The third-order valence-corrected chi connectivity index (χ3v) is 6.96. The number of carboxylic acids is 1. The summed E-state index contributed by atoms with van der Waals surface area (Å²) < 4.78 is 5.93. The fourth-order valence-corrected chi connectivity index (χ4v) is 5.44. The molecular formula is C28H28N6O3. The summed E-state index contributed by atoms with van der Waals surface area (Å²) in [6.07, 6.45) is 6.99. The van der Waals surface area contributed by atoms with E-state index in [2.05, 4.69) is 33.9 Å². The van der Waals surface area contributed by atoms with Gasteiger partial charge in [0.25, 0.3) is 5.97 Å². The number of aryl methyl sites for hydroxylation is 1. The van der Waals surface area contributed by atoms with Crippen molar-refractivity contribution in [2.24, 2.45) is 12.8 Å². The molecule has 1 aliphatic rings. The van der Waals surface area contributed by atoms with Gasteiger partial charge in [0, 0.05) is 65.8 Å². The summed E-state index contributed by atoms with van der Waals surface area (Å²) in [5.41, 5.74) is 10.5. The molecule has 5 aromatic rings. The first kappa shape index (κ1) is 24.2. The second-order valence-corrected chi connectivity index (χ2v) is 9.46. The van der Waals surface area contributed by atoms with Crippen LogP contribution in [0.15, 0.2) is 65.7 Å². The molecule has 0 spiro atoms. The number of fused-ring (bicyclic) bond motifs is 2. The number of nitrogens with two attached hydrogens (primary N) is 1. The third-order valence-electron chi connectivity index (χ3n) is 6.96. The van der Waals surface area contributed by atoms with Crippen molar-refractivity contribution >= 4 is 27.8 Å². The van der Waals surface area contributed by atoms with E-state index < -0.39 is 5.97 Å². The van der Waals surface area contributed by atoms with E-state index in [-0.39, 0.29) is 17.4 Å². The summed E-state index contributed by atoms with van der Waals surface area (Å²) in [7, 11) is 1.96. The maximum absolute atomic E-state index is 13.2. The minimum absolute atomic E-state index is 0.204. The molecule has 37 heavy (non-hydrogen) atoms. The van der Waals surface area contributed by atoms with Crippen LogP contribution in [0, 0.1) is 11.3 Å². The van der Waals surface area contributed by atoms with Gasteiger partial charge in [0.05, 0.1) is 11.4 Å². The maximum Gasteiger partial charge on any atom is 0.331 e. The molecule has 0 unspecified atom stereocenters. The lowest BCUT2D eigenvalue weighted by Gasteiger charge is -2.13. The molecule has 1 saturated carbocycles. The Morgan fingerprint density at radius 1 is 1.08 bits per heavy atom. The fraction of sp³-hybridized carbons (Fsp3) is 0.250. The Kier molecular flexibility index (Phi) is 6.19. The number of aromatic amines is 1. The van der Waals surface area contributed by atoms with Gasteiger partial charge in [-0.1, -0.05) is 36.4 Å². The first-order chi connectivity index (χ1) is 17.8. The number of imidazole rings is 1. The van der Waals surface area contributed by atoms with E-state index in [1.54, 1.807) is 4.57 Å². The Hall–Kier alpha value is -4.55. The molecule has 2 atom stereocenters. The summed E-state index contributed by atoms with van der Waals surface area (Å²) in [6.45, 7) is 1.08. The summed E-state index contributed by atoms with van der Waals surface area (Å²) in [5, 5.41) is 19.3. The van der Waals surface area contributed by atoms with Crippen molar-refractivity contribution in [3.8, 4) is 23.0 Å². The number of H-pyrrole nitrogens is 1. The van der Waals surface area contributed by atoms with Crippen LogP contribution in [-0.4, -0.2) is 35.8 Å². The molecule has 4 N–H and O–H groups in total. The number of nitrogens with one attached hydrogen (secondary N) is 1. The van der Waals surface area contributed by atoms with E-state index >= 15 is 0 Å². The van der Waals surface area contributed by atoms with Gasteiger partial charge in [-0.2, -0.15) is 5.26 Å². The summed E-state index contributed by atoms with van der Waals surface area (Å²) in [5.74, 6) is -0.833. The van der Waals surface area contributed by atoms with Gasteiger partial charge in [-0.05, 0) is 31.4 Å². The van der Waals surface area contributed by atoms with Crippen LogP contribution < -0.4 is 11.4 Å². The number of nitrogens with zero attached hydrogens (tertiary/aromatic N) is 4. The van der Waals surface area contributed by atoms with Gasteiger partial charge in [-0.25, -0.2) is 4.79 Å². The van der Waals surface area contributed by atoms with Crippen LogP contribution in [0.3, 0.4) is 0 Å². The molecule has 188 valence electrons. The largest absolute Gasteiger partial charge is 0.481 e. The monoisotopic (exact) mass is 496 g/mol. The highest BCUT2D eigenvalue weighted by atomic mass is 16.4. The quantitative estimate of drug-likeness (QED) is 0.342. The van der Waals surface area contributed by atoms with Crippen molar-refractivity contribution in [2.75, 3.05) is 0 Å². The number of benzene rings is 2. The van der Waals surface area contributed by atoms with Crippen LogP contribution in [0.5, 0.6) is 0 Å². The number of aliphatic carboxylic acids is 1. The molecule has 1 aliphatic carbocycles. The van der Waals surface area contributed by atoms with Crippen LogP contribution in [-0.2, 0) is 11.8 Å². The zero-order valence-corrected chi connectivity index (χ0v) is 20.7. The number of aromatic nitrogens is 4. The van der Waals surface area contributed by atoms with Crippen molar-refractivity contribution in [1.82, 2.24) is 18.7 Å². The van der Waals surface area contributed by atoms with E-state index in [4.69, 9.17) is 15.6 Å². The van der Waals surface area contributed by atoms with Gasteiger partial charge in [0.15, 0.2) is 0 Å². The summed E-state index contributed by atoms with van der Waals surface area (Å²) >= 11 is 0. The number of hydrogen-bond acceptors (Lipinski definition) is 4. The zero-order valence-electron chi connectivity index (χ0n) is 20.7. The maximum atomic E-state index is 13.2. The van der Waals surface area contributed by atoms with Crippen LogP contribution >= 0.6 is 0 Å². The van der Waals surface area contributed by atoms with Gasteiger partial charge in [-0.3, -0.25) is 14.3 Å². The molecule has 0 radical (unpaired) electrons. The molecule has 9 nitrogen and oxygen atoms in total. The predicted octanol–water partition coefficient (Wildman–Crippen LogP) is 4.29. The summed E-state index contributed by atoms with van der Waals surface area (Å²) in [4.78, 5) is 25.0. The first-order valence-corrected chi connectivity index (χ1v) is 12.1. The van der Waals surface area contributed by atoms with Gasteiger partial charge in [0.2, 0.25) is 0 Å². The highest BCUT2D eigenvalue weighted by molar-refractivity contribution is 5.98. The van der Waals surface area contributed by atoms with Gasteiger partial charge in [-0.15, -0.1) is 0 Å². The molecule has 0 saturated heterocycles. The van der Waals surface area contributed by atoms with E-state index in [0.29, 0.717) is 11.7 Å².